The van der Waals surface area contributed by atoms with Crippen molar-refractivity contribution in [3.05, 3.63) is 92.3 Å². The molecule has 3 aromatic rings. The molecule has 2 saturated heterocycles. The number of urea groups is 1. The topological polar surface area (TPSA) is 128 Å². The number of rotatable bonds is 9. The number of aliphatic carboxylic acids is 1. The van der Waals surface area contributed by atoms with Gasteiger partial charge in [0.1, 0.15) is 11.9 Å². The molecule has 6 rings (SSSR count). The molecule has 2 atom stereocenters. The van der Waals surface area contributed by atoms with Gasteiger partial charge in [-0.3, -0.25) is 19.6 Å². The van der Waals surface area contributed by atoms with Crippen molar-refractivity contribution < 1.29 is 28.6 Å². The van der Waals surface area contributed by atoms with E-state index in [0.29, 0.717) is 61.2 Å². The number of carbonyl (C=O) groups excluding carboxylic acids is 2. The average molecular weight is 653 g/mol. The molecule has 45 heavy (non-hydrogen) atoms. The largest absolute Gasteiger partial charge is 0.481 e. The van der Waals surface area contributed by atoms with Gasteiger partial charge in [-0.05, 0) is 36.2 Å². The smallest absolute Gasteiger partial charge is 0.338 e. The zero-order valence-corrected chi connectivity index (χ0v) is 25.9. The Morgan fingerprint density at radius 2 is 2.04 bits per heavy atom. The van der Waals surface area contributed by atoms with Gasteiger partial charge in [-0.15, -0.1) is 11.3 Å². The monoisotopic (exact) mass is 652 g/mol. The average Bonchev–Trinajstić information content (AvgIpc) is 3.68. The number of amides is 2. The van der Waals surface area contributed by atoms with Crippen molar-refractivity contribution >= 4 is 52.4 Å². The number of esters is 1. The van der Waals surface area contributed by atoms with E-state index in [1.165, 1.54) is 36.6 Å². The van der Waals surface area contributed by atoms with E-state index in [4.69, 9.17) is 26.4 Å². The number of carboxylic acid groups (broad SMARTS) is 1. The summed E-state index contributed by atoms with van der Waals surface area (Å²) in [5.41, 5.74) is 2.87. The van der Waals surface area contributed by atoms with Gasteiger partial charge in [-0.2, -0.15) is 0 Å². The molecule has 1 aromatic heterocycles. The highest BCUT2D eigenvalue weighted by Gasteiger charge is 2.42. The zero-order chi connectivity index (χ0) is 31.7. The Labute approximate surface area is 267 Å². The van der Waals surface area contributed by atoms with E-state index in [1.807, 2.05) is 34.5 Å². The third-order valence-electron chi connectivity index (χ3n) is 8.09. The Morgan fingerprint density at radius 3 is 2.78 bits per heavy atom. The van der Waals surface area contributed by atoms with Crippen LogP contribution in [0.1, 0.15) is 28.6 Å². The molecule has 3 aliphatic heterocycles. The Hall–Kier alpha value is -4.33. The highest BCUT2D eigenvalue weighted by atomic mass is 35.5. The summed E-state index contributed by atoms with van der Waals surface area (Å²) < 4.78 is 19.2. The summed E-state index contributed by atoms with van der Waals surface area (Å²) >= 11 is 7.86. The van der Waals surface area contributed by atoms with Crippen LogP contribution in [0.2, 0.25) is 5.02 Å². The number of piperazine rings is 1. The van der Waals surface area contributed by atoms with Gasteiger partial charge >= 0.3 is 18.0 Å². The SMILES string of the molecule is COC(=O)C1=C(CN2CCN3C(=O)N(c4cccc(CCC(=O)O)c4)C[C@@H]3C2)NC(c2nccs2)=N[C@H]1c1ccc(F)cc1Cl. The van der Waals surface area contributed by atoms with Crippen LogP contribution < -0.4 is 10.2 Å². The fourth-order valence-electron chi connectivity index (χ4n) is 5.95. The fourth-order valence-corrected chi connectivity index (χ4v) is 6.81. The van der Waals surface area contributed by atoms with Crippen LogP contribution in [0.15, 0.2) is 70.3 Å². The number of aryl methyl sites for hydroxylation is 1. The van der Waals surface area contributed by atoms with Gasteiger partial charge in [-0.25, -0.2) is 19.0 Å². The molecule has 2 fully saturated rings. The highest BCUT2D eigenvalue weighted by molar-refractivity contribution is 7.11. The summed E-state index contributed by atoms with van der Waals surface area (Å²) in [5, 5.41) is 14.9. The first-order chi connectivity index (χ1) is 21.7. The van der Waals surface area contributed by atoms with Crippen LogP contribution >= 0.6 is 22.9 Å². The lowest BCUT2D eigenvalue weighted by atomic mass is 9.95. The summed E-state index contributed by atoms with van der Waals surface area (Å²) in [6.45, 7) is 2.38. The van der Waals surface area contributed by atoms with Crippen LogP contribution in [0.25, 0.3) is 0 Å². The quantitative estimate of drug-likeness (QED) is 0.331. The lowest BCUT2D eigenvalue weighted by Gasteiger charge is -2.38. The summed E-state index contributed by atoms with van der Waals surface area (Å²) in [6.07, 6.45) is 2.06. The minimum Gasteiger partial charge on any atom is -0.481 e. The molecular formula is C31H30ClFN6O5S. The second-order valence-electron chi connectivity index (χ2n) is 10.9. The van der Waals surface area contributed by atoms with Gasteiger partial charge < -0.3 is 20.1 Å². The number of amidine groups is 1. The Kier molecular flexibility index (Phi) is 8.83. The highest BCUT2D eigenvalue weighted by Crippen LogP contribution is 2.37. The molecule has 2 N–H and O–H groups in total. The standard InChI is InChI=1S/C31H30ClFN6O5S/c1-44-30(42)26-24(35-28(29-34-9-12-45-29)36-27(26)22-7-6-19(33)14-23(22)32)17-37-10-11-38-21(15-37)16-39(31(38)43)20-4-2-3-18(13-20)5-8-25(40)41/h2-4,6-7,9,12-14,21,27H,5,8,10-11,15-17H2,1H3,(H,35,36)(H,40,41)/t21-,27-/m0/s1. The number of methoxy groups -OCH3 is 1. The first-order valence-corrected chi connectivity index (χ1v) is 15.6. The van der Waals surface area contributed by atoms with E-state index in [-0.39, 0.29) is 29.1 Å². The molecule has 3 aliphatic rings. The minimum absolute atomic E-state index is 0.0156. The lowest BCUT2D eigenvalue weighted by molar-refractivity contribution is -0.137. The van der Waals surface area contributed by atoms with E-state index in [0.717, 1.165) is 11.3 Å². The zero-order valence-electron chi connectivity index (χ0n) is 24.3. The van der Waals surface area contributed by atoms with Crippen LogP contribution in [0, 0.1) is 5.82 Å². The number of aromatic nitrogens is 1. The van der Waals surface area contributed by atoms with Crippen LogP contribution in [0.3, 0.4) is 0 Å². The normalized spacial score (nSPS) is 20.2. The maximum Gasteiger partial charge on any atom is 0.338 e. The van der Waals surface area contributed by atoms with Crippen LogP contribution in [-0.4, -0.2) is 89.6 Å². The molecule has 0 spiro atoms. The van der Waals surface area contributed by atoms with Crippen molar-refractivity contribution in [3.8, 4) is 0 Å². The number of hydrogen-bond donors (Lipinski definition) is 2. The van der Waals surface area contributed by atoms with Gasteiger partial charge in [0.25, 0.3) is 0 Å². The number of nitrogens with one attached hydrogen (secondary N) is 1. The molecule has 11 nitrogen and oxygen atoms in total. The number of carboxylic acids is 1. The van der Waals surface area contributed by atoms with Crippen LogP contribution in [-0.2, 0) is 20.7 Å². The van der Waals surface area contributed by atoms with Gasteiger partial charge in [0, 0.05) is 72.7 Å². The van der Waals surface area contributed by atoms with Crippen molar-refractivity contribution in [1.82, 2.24) is 20.1 Å². The molecule has 0 bridgehead atoms. The first kappa shape index (κ1) is 30.7. The van der Waals surface area contributed by atoms with E-state index in [2.05, 4.69) is 15.2 Å². The lowest BCUT2D eigenvalue weighted by Crippen LogP contribution is -2.53. The molecule has 0 aliphatic carbocycles. The number of nitrogens with zero attached hydrogens (tertiary/aromatic N) is 5. The van der Waals surface area contributed by atoms with Crippen molar-refractivity contribution in [1.29, 1.82) is 0 Å². The molecule has 14 heteroatoms. The summed E-state index contributed by atoms with van der Waals surface area (Å²) in [7, 11) is 1.30. The Morgan fingerprint density at radius 1 is 1.20 bits per heavy atom. The Bertz CT molecular complexity index is 1700. The second-order valence-corrected chi connectivity index (χ2v) is 12.2. The number of benzene rings is 2. The van der Waals surface area contributed by atoms with Crippen LogP contribution in [0.5, 0.6) is 0 Å². The van der Waals surface area contributed by atoms with Crippen molar-refractivity contribution in [2.75, 3.05) is 44.7 Å². The van der Waals surface area contributed by atoms with E-state index >= 15 is 0 Å². The molecule has 4 heterocycles. The first-order valence-electron chi connectivity index (χ1n) is 14.3. The third kappa shape index (κ3) is 6.42. The van der Waals surface area contributed by atoms with Gasteiger partial charge in [0.15, 0.2) is 10.8 Å². The molecule has 2 amide bonds. The van der Waals surface area contributed by atoms with E-state index in [1.54, 1.807) is 11.1 Å². The van der Waals surface area contributed by atoms with Crippen molar-refractivity contribution in [2.45, 2.75) is 24.9 Å². The summed E-state index contributed by atoms with van der Waals surface area (Å²) in [6, 6.07) is 10.4. The maximum absolute atomic E-state index is 14.0. The molecule has 0 radical (unpaired) electrons. The maximum atomic E-state index is 14.0. The van der Waals surface area contributed by atoms with Gasteiger partial charge in [0.05, 0.1) is 18.7 Å². The molecule has 0 unspecified atom stereocenters. The number of hydrogen-bond acceptors (Lipinski definition) is 9. The predicted octanol–water partition coefficient (Wildman–Crippen LogP) is 4.10. The predicted molar refractivity (Wildman–Crippen MR) is 167 cm³/mol. The molecular weight excluding hydrogens is 623 g/mol. The number of anilines is 1. The number of ether oxygens (including phenoxy) is 1. The third-order valence-corrected chi connectivity index (χ3v) is 9.20. The van der Waals surface area contributed by atoms with Crippen LogP contribution in [0.4, 0.5) is 14.9 Å². The number of fused-ring (bicyclic) bond motifs is 1. The second kappa shape index (κ2) is 13.0. The molecule has 234 valence electrons. The number of halogens is 2. The van der Waals surface area contributed by atoms with Gasteiger partial charge in [0.2, 0.25) is 0 Å². The van der Waals surface area contributed by atoms with Crippen molar-refractivity contribution in [3.63, 3.8) is 0 Å². The van der Waals surface area contributed by atoms with E-state index < -0.39 is 23.8 Å². The Balaban J connectivity index is 1.26. The van der Waals surface area contributed by atoms with Gasteiger partial charge in [-0.1, -0.05) is 29.8 Å². The number of aliphatic imine (C=N–C) groups is 1. The summed E-state index contributed by atoms with van der Waals surface area (Å²) in [4.78, 5) is 52.7. The van der Waals surface area contributed by atoms with E-state index in [9.17, 15) is 18.8 Å². The molecule has 2 aromatic carbocycles. The van der Waals surface area contributed by atoms with Crippen molar-refractivity contribution in [2.24, 2.45) is 4.99 Å². The summed E-state index contributed by atoms with van der Waals surface area (Å²) in [5.74, 6) is -1.50. The fraction of sp³-hybridized carbons (Fsp3) is 0.323. The number of thiazole rings is 1. The minimum atomic E-state index is -0.870. The number of carbonyl (C=O) groups is 3. The molecule has 0 saturated carbocycles.